The fourth-order valence-electron chi connectivity index (χ4n) is 1.83. The molecule has 0 bridgehead atoms. The van der Waals surface area contributed by atoms with Gasteiger partial charge in [-0.05, 0) is 48.9 Å². The fraction of sp³-hybridized carbons (Fsp3) is 0.176. The largest absolute Gasteiger partial charge is 0.466 e. The molecule has 0 radical (unpaired) electrons. The highest BCUT2D eigenvalue weighted by Crippen LogP contribution is 2.22. The Labute approximate surface area is 123 Å². The quantitative estimate of drug-likeness (QED) is 0.787. The van der Waals surface area contributed by atoms with Gasteiger partial charge in [0.25, 0.3) is 0 Å². The van der Waals surface area contributed by atoms with Crippen LogP contribution in [0.4, 0.5) is 0 Å². The van der Waals surface area contributed by atoms with Crippen LogP contribution in [0.3, 0.4) is 0 Å². The molecule has 0 saturated carbocycles. The summed E-state index contributed by atoms with van der Waals surface area (Å²) >= 11 is 0. The van der Waals surface area contributed by atoms with E-state index in [1.54, 1.807) is 37.3 Å². The molecule has 2 rings (SSSR count). The van der Waals surface area contributed by atoms with Crippen molar-refractivity contribution in [3.05, 3.63) is 59.7 Å². The third-order valence-electron chi connectivity index (χ3n) is 2.77. The molecular weight excluding hydrogens is 266 g/mol. The second kappa shape index (κ2) is 7.11. The zero-order chi connectivity index (χ0) is 15.1. The second-order valence-corrected chi connectivity index (χ2v) is 4.37. The van der Waals surface area contributed by atoms with Crippen molar-refractivity contribution in [2.24, 2.45) is 0 Å². The van der Waals surface area contributed by atoms with Crippen molar-refractivity contribution in [3.63, 3.8) is 0 Å². The molecule has 0 amide bonds. The normalized spacial score (nSPS) is 9.71. The van der Waals surface area contributed by atoms with E-state index in [1.807, 2.05) is 18.2 Å². The standard InChI is InChI=1S/C17H15NO3/c1-2-20-17(19)11-14-4-3-5-16(10-14)21-15-8-6-13(12-18)7-9-15/h3-10H,2,11H2,1H3. The van der Waals surface area contributed by atoms with Gasteiger partial charge in [-0.1, -0.05) is 12.1 Å². The van der Waals surface area contributed by atoms with Gasteiger partial charge in [-0.3, -0.25) is 4.79 Å². The summed E-state index contributed by atoms with van der Waals surface area (Å²) in [6, 6.07) is 16.2. The summed E-state index contributed by atoms with van der Waals surface area (Å²) in [5.41, 5.74) is 1.41. The molecule has 2 aromatic carbocycles. The topological polar surface area (TPSA) is 59.3 Å². The number of hydrogen-bond acceptors (Lipinski definition) is 4. The average molecular weight is 281 g/mol. The predicted octanol–water partition coefficient (Wildman–Crippen LogP) is 3.46. The molecule has 0 aliphatic rings. The van der Waals surface area contributed by atoms with Crippen LogP contribution in [0.25, 0.3) is 0 Å². The highest BCUT2D eigenvalue weighted by Gasteiger charge is 2.05. The van der Waals surface area contributed by atoms with Crippen LogP contribution >= 0.6 is 0 Å². The Bertz CT molecular complexity index is 656. The van der Waals surface area contributed by atoms with Crippen LogP contribution in [0, 0.1) is 11.3 Å². The molecule has 106 valence electrons. The summed E-state index contributed by atoms with van der Waals surface area (Å²) in [7, 11) is 0. The van der Waals surface area contributed by atoms with Crippen LogP contribution in [0.2, 0.25) is 0 Å². The Morgan fingerprint density at radius 3 is 2.57 bits per heavy atom. The molecule has 0 fully saturated rings. The van der Waals surface area contributed by atoms with Gasteiger partial charge in [0.05, 0.1) is 24.7 Å². The van der Waals surface area contributed by atoms with E-state index in [1.165, 1.54) is 0 Å². The fourth-order valence-corrected chi connectivity index (χ4v) is 1.83. The highest BCUT2D eigenvalue weighted by molar-refractivity contribution is 5.72. The maximum absolute atomic E-state index is 11.5. The molecule has 0 aliphatic carbocycles. The smallest absolute Gasteiger partial charge is 0.310 e. The van der Waals surface area contributed by atoms with Gasteiger partial charge in [-0.25, -0.2) is 0 Å². The third kappa shape index (κ3) is 4.36. The van der Waals surface area contributed by atoms with Crippen molar-refractivity contribution in [2.75, 3.05) is 6.61 Å². The highest BCUT2D eigenvalue weighted by atomic mass is 16.5. The molecule has 0 unspecified atom stereocenters. The minimum Gasteiger partial charge on any atom is -0.466 e. The Morgan fingerprint density at radius 1 is 1.14 bits per heavy atom. The van der Waals surface area contributed by atoms with Crippen molar-refractivity contribution in [3.8, 4) is 17.6 Å². The molecule has 4 nitrogen and oxygen atoms in total. The Kier molecular flexibility index (Phi) is 4.94. The van der Waals surface area contributed by atoms with Gasteiger partial charge in [-0.2, -0.15) is 5.26 Å². The number of benzene rings is 2. The third-order valence-corrected chi connectivity index (χ3v) is 2.77. The van der Waals surface area contributed by atoms with E-state index in [4.69, 9.17) is 14.7 Å². The summed E-state index contributed by atoms with van der Waals surface area (Å²) in [5, 5.41) is 8.75. The number of rotatable bonds is 5. The van der Waals surface area contributed by atoms with E-state index in [2.05, 4.69) is 6.07 Å². The van der Waals surface area contributed by atoms with Gasteiger partial charge in [0.2, 0.25) is 0 Å². The van der Waals surface area contributed by atoms with Crippen LogP contribution in [-0.2, 0) is 16.0 Å². The number of nitrogens with zero attached hydrogens (tertiary/aromatic N) is 1. The molecular formula is C17H15NO3. The summed E-state index contributed by atoms with van der Waals surface area (Å²) < 4.78 is 10.6. The molecule has 0 heterocycles. The molecule has 21 heavy (non-hydrogen) atoms. The average Bonchev–Trinajstić information content (AvgIpc) is 2.48. The number of carbonyl (C=O) groups is 1. The first-order valence-corrected chi connectivity index (χ1v) is 6.64. The number of carbonyl (C=O) groups excluding carboxylic acids is 1. The number of hydrogen-bond donors (Lipinski definition) is 0. The lowest BCUT2D eigenvalue weighted by Gasteiger charge is -2.07. The minimum atomic E-state index is -0.256. The van der Waals surface area contributed by atoms with E-state index in [0.29, 0.717) is 23.7 Å². The van der Waals surface area contributed by atoms with Crippen LogP contribution in [0.1, 0.15) is 18.1 Å². The lowest BCUT2D eigenvalue weighted by Crippen LogP contribution is -2.07. The van der Waals surface area contributed by atoms with Crippen LogP contribution < -0.4 is 4.74 Å². The van der Waals surface area contributed by atoms with E-state index < -0.39 is 0 Å². The first-order chi connectivity index (χ1) is 10.2. The number of nitriles is 1. The van der Waals surface area contributed by atoms with Crippen molar-refractivity contribution < 1.29 is 14.3 Å². The molecule has 0 N–H and O–H groups in total. The van der Waals surface area contributed by atoms with Gasteiger partial charge < -0.3 is 9.47 Å². The van der Waals surface area contributed by atoms with Crippen LogP contribution in [0.5, 0.6) is 11.5 Å². The summed E-state index contributed by atoms with van der Waals surface area (Å²) in [6.07, 6.45) is 0.221. The maximum Gasteiger partial charge on any atom is 0.310 e. The Hall–Kier alpha value is -2.80. The van der Waals surface area contributed by atoms with E-state index in [9.17, 15) is 4.79 Å². The van der Waals surface area contributed by atoms with E-state index in [-0.39, 0.29) is 12.4 Å². The number of ether oxygens (including phenoxy) is 2. The van der Waals surface area contributed by atoms with Crippen molar-refractivity contribution in [1.29, 1.82) is 5.26 Å². The van der Waals surface area contributed by atoms with Crippen LogP contribution in [-0.4, -0.2) is 12.6 Å². The lowest BCUT2D eigenvalue weighted by atomic mass is 10.1. The summed E-state index contributed by atoms with van der Waals surface area (Å²) in [6.45, 7) is 2.16. The Morgan fingerprint density at radius 2 is 1.90 bits per heavy atom. The lowest BCUT2D eigenvalue weighted by molar-refractivity contribution is -0.142. The first-order valence-electron chi connectivity index (χ1n) is 6.64. The minimum absolute atomic E-state index is 0.221. The first kappa shape index (κ1) is 14.6. The SMILES string of the molecule is CCOC(=O)Cc1cccc(Oc2ccc(C#N)cc2)c1. The van der Waals surface area contributed by atoms with E-state index in [0.717, 1.165) is 5.56 Å². The molecule has 2 aromatic rings. The van der Waals surface area contributed by atoms with Crippen molar-refractivity contribution in [1.82, 2.24) is 0 Å². The molecule has 4 heteroatoms. The summed E-state index contributed by atoms with van der Waals surface area (Å²) in [5.74, 6) is 1.02. The zero-order valence-corrected chi connectivity index (χ0v) is 11.7. The monoisotopic (exact) mass is 281 g/mol. The van der Waals surface area contributed by atoms with Gasteiger partial charge in [-0.15, -0.1) is 0 Å². The van der Waals surface area contributed by atoms with Gasteiger partial charge in [0.1, 0.15) is 11.5 Å². The van der Waals surface area contributed by atoms with E-state index >= 15 is 0 Å². The Balaban J connectivity index is 2.06. The summed E-state index contributed by atoms with van der Waals surface area (Å²) in [4.78, 5) is 11.5. The van der Waals surface area contributed by atoms with Crippen molar-refractivity contribution in [2.45, 2.75) is 13.3 Å². The van der Waals surface area contributed by atoms with Gasteiger partial charge >= 0.3 is 5.97 Å². The molecule has 0 atom stereocenters. The van der Waals surface area contributed by atoms with Gasteiger partial charge in [0, 0.05) is 0 Å². The molecule has 0 saturated heterocycles. The van der Waals surface area contributed by atoms with Gasteiger partial charge in [0.15, 0.2) is 0 Å². The number of esters is 1. The van der Waals surface area contributed by atoms with Crippen molar-refractivity contribution >= 4 is 5.97 Å². The molecule has 0 aliphatic heterocycles. The zero-order valence-electron chi connectivity index (χ0n) is 11.7. The molecule has 0 spiro atoms. The van der Waals surface area contributed by atoms with Crippen LogP contribution in [0.15, 0.2) is 48.5 Å². The second-order valence-electron chi connectivity index (χ2n) is 4.37. The maximum atomic E-state index is 11.5. The predicted molar refractivity (Wildman–Crippen MR) is 78.0 cm³/mol. The molecule has 0 aromatic heterocycles.